The number of esters is 2. The maximum Gasteiger partial charge on any atom is 0.331 e. The van der Waals surface area contributed by atoms with Crippen LogP contribution >= 0.6 is 0 Å². The lowest BCUT2D eigenvalue weighted by atomic mass is 10.1. The first kappa shape index (κ1) is 19.6. The second-order valence-electron chi connectivity index (χ2n) is 6.19. The van der Waals surface area contributed by atoms with E-state index in [2.05, 4.69) is 18.7 Å². The fraction of sp³-hybridized carbons (Fsp3) is 0.765. The van der Waals surface area contributed by atoms with Gasteiger partial charge in [0, 0.05) is 31.8 Å². The largest absolute Gasteiger partial charge is 0.462 e. The highest BCUT2D eigenvalue weighted by Crippen LogP contribution is 2.07. The predicted octanol–water partition coefficient (Wildman–Crippen LogP) is 1.79. The summed E-state index contributed by atoms with van der Waals surface area (Å²) in [5.41, 5.74) is 0. The third kappa shape index (κ3) is 10.1. The van der Waals surface area contributed by atoms with Gasteiger partial charge in [0.15, 0.2) is 0 Å². The van der Waals surface area contributed by atoms with Gasteiger partial charge in [0.2, 0.25) is 0 Å². The number of nitrogens with zero attached hydrogens (tertiary/aromatic N) is 1. The standard InChI is InChI=1S/C17H29NO5/c1-14(2)13-15(3)23-17(20)6-5-16(19)22-10-4-7-18-8-11-21-12-9-18/h5-6,14-15H,4,7-13H2,1-3H3/b6-5+. The minimum absolute atomic E-state index is 0.156. The van der Waals surface area contributed by atoms with Crippen LogP contribution in [0.15, 0.2) is 12.2 Å². The van der Waals surface area contributed by atoms with Crippen LogP contribution in [0.5, 0.6) is 0 Å². The van der Waals surface area contributed by atoms with Gasteiger partial charge >= 0.3 is 11.9 Å². The molecule has 0 bridgehead atoms. The van der Waals surface area contributed by atoms with Crippen molar-refractivity contribution < 1.29 is 23.8 Å². The lowest BCUT2D eigenvalue weighted by Crippen LogP contribution is -2.37. The molecule has 1 saturated heterocycles. The zero-order valence-corrected chi connectivity index (χ0v) is 14.5. The third-order valence-electron chi connectivity index (χ3n) is 3.44. The van der Waals surface area contributed by atoms with Crippen molar-refractivity contribution in [2.75, 3.05) is 39.5 Å². The van der Waals surface area contributed by atoms with Gasteiger partial charge in [0.05, 0.1) is 25.9 Å². The molecule has 1 unspecified atom stereocenters. The predicted molar refractivity (Wildman–Crippen MR) is 87.0 cm³/mol. The Morgan fingerprint density at radius 1 is 1.13 bits per heavy atom. The van der Waals surface area contributed by atoms with Crippen LogP contribution in [-0.4, -0.2) is 62.4 Å². The molecular formula is C17H29NO5. The van der Waals surface area contributed by atoms with Gasteiger partial charge in [-0.1, -0.05) is 13.8 Å². The Morgan fingerprint density at radius 3 is 2.43 bits per heavy atom. The summed E-state index contributed by atoms with van der Waals surface area (Å²) >= 11 is 0. The summed E-state index contributed by atoms with van der Waals surface area (Å²) in [6.45, 7) is 10.6. The van der Waals surface area contributed by atoms with E-state index < -0.39 is 11.9 Å². The van der Waals surface area contributed by atoms with Gasteiger partial charge in [-0.3, -0.25) is 4.90 Å². The van der Waals surface area contributed by atoms with Gasteiger partial charge in [0.25, 0.3) is 0 Å². The van der Waals surface area contributed by atoms with E-state index in [-0.39, 0.29) is 6.10 Å². The minimum Gasteiger partial charge on any atom is -0.462 e. The molecule has 1 atom stereocenters. The highest BCUT2D eigenvalue weighted by atomic mass is 16.5. The summed E-state index contributed by atoms with van der Waals surface area (Å²) in [4.78, 5) is 25.3. The molecule has 0 radical (unpaired) electrons. The molecule has 23 heavy (non-hydrogen) atoms. The van der Waals surface area contributed by atoms with Crippen molar-refractivity contribution in [2.24, 2.45) is 5.92 Å². The molecule has 1 rings (SSSR count). The first-order chi connectivity index (χ1) is 11.0. The maximum atomic E-state index is 11.5. The van der Waals surface area contributed by atoms with Gasteiger partial charge < -0.3 is 14.2 Å². The Hall–Kier alpha value is -1.40. The molecule has 6 heteroatoms. The molecule has 0 N–H and O–H groups in total. The van der Waals surface area contributed by atoms with Gasteiger partial charge in [-0.2, -0.15) is 0 Å². The molecule has 1 aliphatic heterocycles. The van der Waals surface area contributed by atoms with Gasteiger partial charge in [-0.05, 0) is 25.7 Å². The Morgan fingerprint density at radius 2 is 1.78 bits per heavy atom. The maximum absolute atomic E-state index is 11.5. The topological polar surface area (TPSA) is 65.1 Å². The van der Waals surface area contributed by atoms with Crippen LogP contribution in [0.25, 0.3) is 0 Å². The van der Waals surface area contributed by atoms with Gasteiger partial charge in [0.1, 0.15) is 0 Å². The molecule has 0 aromatic rings. The van der Waals surface area contributed by atoms with Crippen molar-refractivity contribution >= 4 is 11.9 Å². The number of carbonyl (C=O) groups excluding carboxylic acids is 2. The fourth-order valence-corrected chi connectivity index (χ4v) is 2.42. The average molecular weight is 327 g/mol. The molecule has 1 heterocycles. The van der Waals surface area contributed by atoms with E-state index in [0.29, 0.717) is 12.5 Å². The fourth-order valence-electron chi connectivity index (χ4n) is 2.42. The molecule has 1 aliphatic rings. The Bertz CT molecular complexity index is 388. The van der Waals surface area contributed by atoms with Gasteiger partial charge in [-0.25, -0.2) is 9.59 Å². The number of morpholine rings is 1. The van der Waals surface area contributed by atoms with Crippen molar-refractivity contribution in [2.45, 2.75) is 39.7 Å². The zero-order chi connectivity index (χ0) is 17.1. The van der Waals surface area contributed by atoms with Crippen molar-refractivity contribution in [1.29, 1.82) is 0 Å². The first-order valence-electron chi connectivity index (χ1n) is 8.33. The summed E-state index contributed by atoms with van der Waals surface area (Å²) < 4.78 is 15.5. The summed E-state index contributed by atoms with van der Waals surface area (Å²) in [6, 6.07) is 0. The van der Waals surface area contributed by atoms with E-state index in [4.69, 9.17) is 14.2 Å². The zero-order valence-electron chi connectivity index (χ0n) is 14.5. The van der Waals surface area contributed by atoms with E-state index in [1.807, 2.05) is 6.92 Å². The average Bonchev–Trinajstić information content (AvgIpc) is 2.49. The quantitative estimate of drug-likeness (QED) is 0.365. The lowest BCUT2D eigenvalue weighted by molar-refractivity contribution is -0.144. The molecule has 1 fully saturated rings. The number of hydrogen-bond acceptors (Lipinski definition) is 6. The van der Waals surface area contributed by atoms with E-state index >= 15 is 0 Å². The molecule has 0 saturated carbocycles. The van der Waals surface area contributed by atoms with Crippen molar-refractivity contribution in [3.8, 4) is 0 Å². The number of ether oxygens (including phenoxy) is 3. The highest BCUT2D eigenvalue weighted by molar-refractivity contribution is 5.91. The Kier molecular flexibility index (Phi) is 9.55. The number of carbonyl (C=O) groups is 2. The molecule has 0 spiro atoms. The smallest absolute Gasteiger partial charge is 0.331 e. The van der Waals surface area contributed by atoms with Crippen LogP contribution in [0.3, 0.4) is 0 Å². The first-order valence-corrected chi connectivity index (χ1v) is 8.33. The molecule has 0 aromatic carbocycles. The molecule has 0 aromatic heterocycles. The summed E-state index contributed by atoms with van der Waals surface area (Å²) in [6.07, 6.45) is 3.66. The van der Waals surface area contributed by atoms with E-state index in [0.717, 1.165) is 57.8 Å². The molecule has 6 nitrogen and oxygen atoms in total. The molecular weight excluding hydrogens is 298 g/mol. The summed E-state index contributed by atoms with van der Waals surface area (Å²) in [7, 11) is 0. The Balaban J connectivity index is 2.11. The highest BCUT2D eigenvalue weighted by Gasteiger charge is 2.11. The summed E-state index contributed by atoms with van der Waals surface area (Å²) in [5.74, 6) is -0.568. The van der Waals surface area contributed by atoms with Crippen LogP contribution in [0.2, 0.25) is 0 Å². The second kappa shape index (κ2) is 11.2. The molecule has 132 valence electrons. The minimum atomic E-state index is -0.513. The van der Waals surface area contributed by atoms with E-state index in [1.54, 1.807) is 0 Å². The van der Waals surface area contributed by atoms with Crippen molar-refractivity contribution in [1.82, 2.24) is 4.90 Å². The summed E-state index contributed by atoms with van der Waals surface area (Å²) in [5, 5.41) is 0. The Labute approximate surface area is 138 Å². The van der Waals surface area contributed by atoms with Crippen LogP contribution in [0, 0.1) is 5.92 Å². The van der Waals surface area contributed by atoms with Gasteiger partial charge in [-0.15, -0.1) is 0 Å². The van der Waals surface area contributed by atoms with Crippen LogP contribution in [0.1, 0.15) is 33.6 Å². The molecule has 0 amide bonds. The van der Waals surface area contributed by atoms with Crippen LogP contribution in [0.4, 0.5) is 0 Å². The lowest BCUT2D eigenvalue weighted by Gasteiger charge is -2.26. The normalized spacial score (nSPS) is 17.4. The van der Waals surface area contributed by atoms with E-state index in [9.17, 15) is 9.59 Å². The van der Waals surface area contributed by atoms with Crippen LogP contribution < -0.4 is 0 Å². The van der Waals surface area contributed by atoms with Crippen molar-refractivity contribution in [3.05, 3.63) is 12.2 Å². The third-order valence-corrected chi connectivity index (χ3v) is 3.44. The SMILES string of the molecule is CC(C)CC(C)OC(=O)/C=C/C(=O)OCCCN1CCOCC1. The number of rotatable bonds is 9. The molecule has 0 aliphatic carbocycles. The van der Waals surface area contributed by atoms with Crippen molar-refractivity contribution in [3.63, 3.8) is 0 Å². The monoisotopic (exact) mass is 327 g/mol. The number of hydrogen-bond donors (Lipinski definition) is 0. The van der Waals surface area contributed by atoms with E-state index in [1.165, 1.54) is 0 Å². The van der Waals surface area contributed by atoms with Crippen LogP contribution in [-0.2, 0) is 23.8 Å². The second-order valence-corrected chi connectivity index (χ2v) is 6.19.